The van der Waals surface area contributed by atoms with Crippen molar-refractivity contribution in [2.75, 3.05) is 18.4 Å². The molecule has 0 aliphatic rings. The molecule has 0 aromatic heterocycles. The minimum atomic E-state index is -1.13. The third kappa shape index (κ3) is 8.50. The highest BCUT2D eigenvalue weighted by Gasteiger charge is 2.16. The molecule has 0 saturated heterocycles. The summed E-state index contributed by atoms with van der Waals surface area (Å²) in [4.78, 5) is 45.5. The van der Waals surface area contributed by atoms with Crippen molar-refractivity contribution in [1.82, 2.24) is 10.6 Å². The minimum Gasteiger partial charge on any atom is -0.480 e. The molecule has 1 rings (SSSR count). The van der Waals surface area contributed by atoms with Crippen LogP contribution in [0.4, 0.5) is 5.69 Å². The van der Waals surface area contributed by atoms with E-state index in [1.165, 1.54) is 24.3 Å². The van der Waals surface area contributed by atoms with Gasteiger partial charge in [-0.25, -0.2) is 0 Å². The van der Waals surface area contributed by atoms with Gasteiger partial charge in [0.25, 0.3) is 5.91 Å². The number of carbonyl (C=O) groups is 4. The van der Waals surface area contributed by atoms with Gasteiger partial charge in [-0.3, -0.25) is 19.2 Å². The quantitative estimate of drug-likeness (QED) is 0.584. The predicted octanol–water partition coefficient (Wildman–Crippen LogP) is 0.992. The van der Waals surface area contributed by atoms with Gasteiger partial charge < -0.3 is 21.1 Å². The molecule has 1 aromatic carbocycles. The number of amides is 3. The number of carboxylic acids is 1. The number of benzene rings is 1. The van der Waals surface area contributed by atoms with E-state index in [2.05, 4.69) is 16.0 Å². The highest BCUT2D eigenvalue weighted by Crippen LogP contribution is 2.17. The van der Waals surface area contributed by atoms with E-state index in [0.29, 0.717) is 12.1 Å². The molecule has 0 saturated carbocycles. The van der Waals surface area contributed by atoms with E-state index in [0.717, 1.165) is 0 Å². The average Bonchev–Trinajstić information content (AvgIpc) is 2.49. The van der Waals surface area contributed by atoms with Gasteiger partial charge in [0.1, 0.15) is 6.54 Å². The Hall–Kier alpha value is -2.90. The highest BCUT2D eigenvalue weighted by atomic mass is 16.4. The van der Waals surface area contributed by atoms with E-state index in [1.807, 2.05) is 20.8 Å². The van der Waals surface area contributed by atoms with Gasteiger partial charge in [-0.1, -0.05) is 20.8 Å². The molecule has 0 spiro atoms. The minimum absolute atomic E-state index is 0.143. The molecule has 3 amide bonds. The van der Waals surface area contributed by atoms with Crippen LogP contribution in [0, 0.1) is 5.41 Å². The second-order valence-corrected chi connectivity index (χ2v) is 6.72. The second-order valence-electron chi connectivity index (χ2n) is 6.72. The maximum atomic E-state index is 11.8. The summed E-state index contributed by atoms with van der Waals surface area (Å²) in [6.45, 7) is 5.18. The molecule has 0 radical (unpaired) electrons. The van der Waals surface area contributed by atoms with E-state index >= 15 is 0 Å². The molecule has 1 aromatic rings. The summed E-state index contributed by atoms with van der Waals surface area (Å²) in [5.41, 5.74) is 0.583. The Balaban J connectivity index is 2.46. The van der Waals surface area contributed by atoms with Crippen LogP contribution >= 0.6 is 0 Å². The van der Waals surface area contributed by atoms with Crippen molar-refractivity contribution in [2.24, 2.45) is 5.41 Å². The van der Waals surface area contributed by atoms with E-state index in [9.17, 15) is 19.2 Å². The molecule has 8 heteroatoms. The molecule has 0 heterocycles. The standard InChI is InChI=1S/C17H23N3O5/c1-17(2,3)8-13(21)18-9-14(22)20-12-6-4-11(5-7-12)16(25)19-10-15(23)24/h4-7H,8-10H2,1-3H3,(H,18,21)(H,19,25)(H,20,22)(H,23,24). The largest absolute Gasteiger partial charge is 0.480 e. The number of aliphatic carboxylic acids is 1. The van der Waals surface area contributed by atoms with Crippen molar-refractivity contribution in [3.05, 3.63) is 29.8 Å². The SMILES string of the molecule is CC(C)(C)CC(=O)NCC(=O)Nc1ccc(C(=O)NCC(=O)O)cc1. The van der Waals surface area contributed by atoms with E-state index in [1.54, 1.807) is 0 Å². The Labute approximate surface area is 146 Å². The van der Waals surface area contributed by atoms with Gasteiger partial charge in [0, 0.05) is 17.7 Å². The van der Waals surface area contributed by atoms with Crippen molar-refractivity contribution in [1.29, 1.82) is 0 Å². The van der Waals surface area contributed by atoms with E-state index in [4.69, 9.17) is 5.11 Å². The van der Waals surface area contributed by atoms with Gasteiger partial charge in [0.15, 0.2) is 0 Å². The third-order valence-corrected chi connectivity index (χ3v) is 2.97. The number of rotatable bonds is 7. The molecule has 0 aliphatic heterocycles. The summed E-state index contributed by atoms with van der Waals surface area (Å²) in [5.74, 6) is -2.24. The fourth-order valence-electron chi connectivity index (χ4n) is 1.89. The van der Waals surface area contributed by atoms with Gasteiger partial charge in [0.05, 0.1) is 6.54 Å². The first kappa shape index (κ1) is 20.1. The van der Waals surface area contributed by atoms with E-state index < -0.39 is 18.4 Å². The van der Waals surface area contributed by atoms with Crippen molar-refractivity contribution < 1.29 is 24.3 Å². The van der Waals surface area contributed by atoms with Crippen molar-refractivity contribution in [3.63, 3.8) is 0 Å². The zero-order valence-electron chi connectivity index (χ0n) is 14.5. The molecule has 136 valence electrons. The van der Waals surface area contributed by atoms with Gasteiger partial charge in [0.2, 0.25) is 11.8 Å². The number of carbonyl (C=O) groups excluding carboxylic acids is 3. The Kier molecular flexibility index (Phi) is 7.10. The van der Waals surface area contributed by atoms with Crippen LogP contribution in [0.5, 0.6) is 0 Å². The first-order valence-corrected chi connectivity index (χ1v) is 7.73. The number of carboxylic acid groups (broad SMARTS) is 1. The van der Waals surface area contributed by atoms with Crippen molar-refractivity contribution >= 4 is 29.4 Å². The Morgan fingerprint density at radius 3 is 2.04 bits per heavy atom. The highest BCUT2D eigenvalue weighted by molar-refractivity contribution is 5.97. The van der Waals surface area contributed by atoms with Crippen LogP contribution < -0.4 is 16.0 Å². The summed E-state index contributed by atoms with van der Waals surface area (Å²) in [6.07, 6.45) is 0.320. The van der Waals surface area contributed by atoms with Crippen LogP contribution in [0.1, 0.15) is 37.6 Å². The van der Waals surface area contributed by atoms with Crippen molar-refractivity contribution in [3.8, 4) is 0 Å². The maximum absolute atomic E-state index is 11.8. The molecule has 0 aliphatic carbocycles. The van der Waals surface area contributed by atoms with Crippen LogP contribution in [0.2, 0.25) is 0 Å². The normalized spacial score (nSPS) is 10.7. The van der Waals surface area contributed by atoms with Gasteiger partial charge in [-0.05, 0) is 29.7 Å². The summed E-state index contributed by atoms with van der Waals surface area (Å²) in [7, 11) is 0. The second kappa shape index (κ2) is 8.81. The summed E-state index contributed by atoms with van der Waals surface area (Å²) < 4.78 is 0. The lowest BCUT2D eigenvalue weighted by atomic mass is 9.92. The lowest BCUT2D eigenvalue weighted by molar-refractivity contribution is -0.135. The van der Waals surface area contributed by atoms with Gasteiger partial charge in [-0.2, -0.15) is 0 Å². The lowest BCUT2D eigenvalue weighted by Gasteiger charge is -2.17. The molecule has 0 fully saturated rings. The first-order valence-electron chi connectivity index (χ1n) is 7.73. The smallest absolute Gasteiger partial charge is 0.322 e. The number of anilines is 1. The summed E-state index contributed by atoms with van der Waals surface area (Å²) >= 11 is 0. The molecular formula is C17H23N3O5. The van der Waals surface area contributed by atoms with Crippen LogP contribution in [0.15, 0.2) is 24.3 Å². The zero-order chi connectivity index (χ0) is 19.0. The zero-order valence-corrected chi connectivity index (χ0v) is 14.5. The number of hydrogen-bond acceptors (Lipinski definition) is 4. The Morgan fingerprint density at radius 2 is 1.52 bits per heavy atom. The first-order chi connectivity index (χ1) is 11.6. The van der Waals surface area contributed by atoms with Crippen LogP contribution in [-0.4, -0.2) is 41.9 Å². The third-order valence-electron chi connectivity index (χ3n) is 2.97. The van der Waals surface area contributed by atoms with Gasteiger partial charge >= 0.3 is 5.97 Å². The molecular weight excluding hydrogens is 326 g/mol. The average molecular weight is 349 g/mol. The number of nitrogens with one attached hydrogen (secondary N) is 3. The molecule has 0 bridgehead atoms. The Morgan fingerprint density at radius 1 is 0.920 bits per heavy atom. The molecule has 0 unspecified atom stereocenters. The molecule has 8 nitrogen and oxygen atoms in total. The van der Waals surface area contributed by atoms with Crippen LogP contribution in [0.25, 0.3) is 0 Å². The molecule has 25 heavy (non-hydrogen) atoms. The van der Waals surface area contributed by atoms with Crippen LogP contribution in [0.3, 0.4) is 0 Å². The molecule has 0 atom stereocenters. The fourth-order valence-corrected chi connectivity index (χ4v) is 1.89. The topological polar surface area (TPSA) is 125 Å². The summed E-state index contributed by atoms with van der Waals surface area (Å²) in [6, 6.07) is 5.96. The van der Waals surface area contributed by atoms with Gasteiger partial charge in [-0.15, -0.1) is 0 Å². The Bertz CT molecular complexity index is 647. The summed E-state index contributed by atoms with van der Waals surface area (Å²) in [5, 5.41) is 15.9. The lowest BCUT2D eigenvalue weighted by Crippen LogP contribution is -2.34. The maximum Gasteiger partial charge on any atom is 0.322 e. The molecule has 4 N–H and O–H groups in total. The number of hydrogen-bond donors (Lipinski definition) is 4. The predicted molar refractivity (Wildman–Crippen MR) is 92.1 cm³/mol. The van der Waals surface area contributed by atoms with Crippen molar-refractivity contribution in [2.45, 2.75) is 27.2 Å². The fraction of sp³-hybridized carbons (Fsp3) is 0.412. The van der Waals surface area contributed by atoms with Crippen LogP contribution in [-0.2, 0) is 14.4 Å². The van der Waals surface area contributed by atoms with E-state index in [-0.39, 0.29) is 29.3 Å². The monoisotopic (exact) mass is 349 g/mol.